The van der Waals surface area contributed by atoms with Gasteiger partial charge >= 0.3 is 5.97 Å². The Morgan fingerprint density at radius 1 is 1.17 bits per heavy atom. The number of esters is 1. The normalized spacial score (nSPS) is 16.2. The molecule has 29 heavy (non-hydrogen) atoms. The first-order valence-corrected chi connectivity index (χ1v) is 9.68. The number of amides is 3. The van der Waals surface area contributed by atoms with Gasteiger partial charge < -0.3 is 21.1 Å². The van der Waals surface area contributed by atoms with Gasteiger partial charge in [0, 0.05) is 16.1 Å². The van der Waals surface area contributed by atoms with E-state index in [2.05, 4.69) is 10.6 Å². The van der Waals surface area contributed by atoms with Crippen molar-refractivity contribution in [2.75, 3.05) is 10.6 Å². The molecule has 2 atom stereocenters. The zero-order valence-corrected chi connectivity index (χ0v) is 16.3. The van der Waals surface area contributed by atoms with Crippen molar-refractivity contribution in [3.63, 3.8) is 0 Å². The number of hydrogen-bond acceptors (Lipinski definition) is 6. The van der Waals surface area contributed by atoms with E-state index in [1.165, 1.54) is 43.0 Å². The maximum Gasteiger partial charge on any atom is 0.308 e. The number of fused-ring (bicyclic) bond motifs is 1. The van der Waals surface area contributed by atoms with Crippen LogP contribution in [0.4, 0.5) is 11.4 Å². The van der Waals surface area contributed by atoms with Crippen LogP contribution in [-0.2, 0) is 19.1 Å². The molecular formula is C20H19N3O5S. The number of rotatable bonds is 6. The number of thioether (sulfide) groups is 1. The van der Waals surface area contributed by atoms with Crippen molar-refractivity contribution in [2.45, 2.75) is 29.6 Å². The molecule has 8 nitrogen and oxygen atoms in total. The molecule has 3 amide bonds. The Morgan fingerprint density at radius 3 is 2.55 bits per heavy atom. The van der Waals surface area contributed by atoms with Crippen molar-refractivity contribution in [3.8, 4) is 0 Å². The van der Waals surface area contributed by atoms with E-state index in [4.69, 9.17) is 10.5 Å². The van der Waals surface area contributed by atoms with Crippen LogP contribution in [0.5, 0.6) is 0 Å². The van der Waals surface area contributed by atoms with Gasteiger partial charge in [-0.05, 0) is 43.3 Å². The molecule has 0 aromatic heterocycles. The van der Waals surface area contributed by atoms with Crippen LogP contribution in [0.15, 0.2) is 53.4 Å². The van der Waals surface area contributed by atoms with E-state index in [1.54, 1.807) is 6.07 Å². The molecule has 3 rings (SSSR count). The fourth-order valence-corrected chi connectivity index (χ4v) is 3.73. The summed E-state index contributed by atoms with van der Waals surface area (Å²) < 4.78 is 5.17. The van der Waals surface area contributed by atoms with Crippen LogP contribution in [0.25, 0.3) is 0 Å². The predicted octanol–water partition coefficient (Wildman–Crippen LogP) is 2.16. The Morgan fingerprint density at radius 2 is 1.86 bits per heavy atom. The molecule has 1 aliphatic heterocycles. The highest BCUT2D eigenvalue weighted by Gasteiger charge is 2.30. The van der Waals surface area contributed by atoms with Crippen LogP contribution in [-0.4, -0.2) is 35.0 Å². The van der Waals surface area contributed by atoms with Crippen molar-refractivity contribution in [1.82, 2.24) is 0 Å². The van der Waals surface area contributed by atoms with E-state index in [1.807, 2.05) is 18.2 Å². The molecular weight excluding hydrogens is 394 g/mol. The van der Waals surface area contributed by atoms with Crippen LogP contribution < -0.4 is 16.4 Å². The molecule has 0 saturated heterocycles. The van der Waals surface area contributed by atoms with E-state index in [0.29, 0.717) is 16.9 Å². The average Bonchev–Trinajstić information content (AvgIpc) is 2.68. The molecule has 0 spiro atoms. The number of anilines is 2. The highest BCUT2D eigenvalue weighted by atomic mass is 32.2. The van der Waals surface area contributed by atoms with Gasteiger partial charge in [0.15, 0.2) is 6.10 Å². The second kappa shape index (κ2) is 8.78. The Hall–Kier alpha value is -3.33. The molecule has 2 aromatic rings. The largest absolute Gasteiger partial charge is 0.452 e. The van der Waals surface area contributed by atoms with Gasteiger partial charge in [-0.2, -0.15) is 0 Å². The van der Waals surface area contributed by atoms with E-state index in [-0.39, 0.29) is 12.3 Å². The molecule has 0 unspecified atom stereocenters. The summed E-state index contributed by atoms with van der Waals surface area (Å²) in [6.07, 6.45) is -1.21. The molecule has 4 N–H and O–H groups in total. The summed E-state index contributed by atoms with van der Waals surface area (Å²) >= 11 is 1.28. The summed E-state index contributed by atoms with van der Waals surface area (Å²) in [5.74, 6) is -2.03. The van der Waals surface area contributed by atoms with E-state index in [9.17, 15) is 19.2 Å². The summed E-state index contributed by atoms with van der Waals surface area (Å²) in [5, 5.41) is 4.71. The van der Waals surface area contributed by atoms with Crippen molar-refractivity contribution in [1.29, 1.82) is 0 Å². The number of nitrogens with one attached hydrogen (secondary N) is 2. The lowest BCUT2D eigenvalue weighted by Gasteiger charge is -2.23. The number of primary amides is 1. The molecule has 0 aliphatic carbocycles. The highest BCUT2D eigenvalue weighted by Crippen LogP contribution is 2.36. The minimum atomic E-state index is -1.05. The highest BCUT2D eigenvalue weighted by molar-refractivity contribution is 8.01. The minimum absolute atomic E-state index is 0.157. The number of carbonyl (C=O) groups is 4. The molecule has 9 heteroatoms. The smallest absolute Gasteiger partial charge is 0.308 e. The molecule has 0 bridgehead atoms. The van der Waals surface area contributed by atoms with E-state index in [0.717, 1.165) is 4.90 Å². The van der Waals surface area contributed by atoms with Gasteiger partial charge in [0.1, 0.15) is 0 Å². The molecule has 2 aromatic carbocycles. The fourth-order valence-electron chi connectivity index (χ4n) is 2.64. The third kappa shape index (κ3) is 5.14. The third-order valence-corrected chi connectivity index (χ3v) is 5.45. The summed E-state index contributed by atoms with van der Waals surface area (Å²) in [5.41, 5.74) is 6.62. The van der Waals surface area contributed by atoms with Crippen molar-refractivity contribution < 1.29 is 23.9 Å². The molecule has 150 valence electrons. The fraction of sp³-hybridized carbons (Fsp3) is 0.200. The number of hydrogen-bond donors (Lipinski definition) is 3. The number of nitrogens with two attached hydrogens (primary N) is 1. The van der Waals surface area contributed by atoms with Gasteiger partial charge in [-0.15, -0.1) is 11.8 Å². The summed E-state index contributed by atoms with van der Waals surface area (Å²) in [6, 6.07) is 13.3. The lowest BCUT2D eigenvalue weighted by atomic mass is 10.2. The number of para-hydroxylation sites is 1. The average molecular weight is 413 g/mol. The van der Waals surface area contributed by atoms with Crippen LogP contribution >= 0.6 is 11.8 Å². The third-order valence-electron chi connectivity index (χ3n) is 4.17. The first kappa shape index (κ1) is 20.4. The maximum absolute atomic E-state index is 12.2. The molecule has 1 aliphatic rings. The number of carbonyl (C=O) groups excluding carboxylic acids is 4. The van der Waals surface area contributed by atoms with Crippen LogP contribution in [0.2, 0.25) is 0 Å². The minimum Gasteiger partial charge on any atom is -0.452 e. The van der Waals surface area contributed by atoms with Crippen molar-refractivity contribution >= 4 is 46.8 Å². The number of benzene rings is 2. The Balaban J connectivity index is 1.52. The predicted molar refractivity (Wildman–Crippen MR) is 108 cm³/mol. The second-order valence-corrected chi connectivity index (χ2v) is 7.60. The van der Waals surface area contributed by atoms with Crippen molar-refractivity contribution in [2.24, 2.45) is 5.73 Å². The monoisotopic (exact) mass is 413 g/mol. The van der Waals surface area contributed by atoms with Gasteiger partial charge in [-0.1, -0.05) is 12.1 Å². The summed E-state index contributed by atoms with van der Waals surface area (Å²) in [7, 11) is 0. The van der Waals surface area contributed by atoms with Crippen molar-refractivity contribution in [3.05, 3.63) is 54.1 Å². The second-order valence-electron chi connectivity index (χ2n) is 6.36. The quantitative estimate of drug-likeness (QED) is 0.623. The van der Waals surface area contributed by atoms with Gasteiger partial charge in [-0.25, -0.2) is 0 Å². The summed E-state index contributed by atoms with van der Waals surface area (Å²) in [4.78, 5) is 48.5. The lowest BCUT2D eigenvalue weighted by Crippen LogP contribution is -2.34. The van der Waals surface area contributed by atoms with E-state index < -0.39 is 29.1 Å². The standard InChI is InChI=1S/C20H19N3O5S/c1-11(19(26)22-13-8-6-12(7-9-13)18(21)25)28-17(24)10-16-20(27)23-14-4-2-3-5-15(14)29-16/h2-9,11,16H,10H2,1H3,(H2,21,25)(H,22,26)(H,23,27)/t11-,16+/m1/s1. The number of ether oxygens (including phenoxy) is 1. The summed E-state index contributed by atoms with van der Waals surface area (Å²) in [6.45, 7) is 1.44. The van der Waals surface area contributed by atoms with Gasteiger partial charge in [0.05, 0.1) is 17.4 Å². The van der Waals surface area contributed by atoms with E-state index >= 15 is 0 Å². The topological polar surface area (TPSA) is 128 Å². The zero-order valence-electron chi connectivity index (χ0n) is 15.5. The molecule has 0 fully saturated rings. The Kier molecular flexibility index (Phi) is 6.18. The SMILES string of the molecule is C[C@@H](OC(=O)C[C@@H]1Sc2ccccc2NC1=O)C(=O)Nc1ccc(C(N)=O)cc1. The van der Waals surface area contributed by atoms with Gasteiger partial charge in [0.25, 0.3) is 5.91 Å². The van der Waals surface area contributed by atoms with Gasteiger partial charge in [-0.3, -0.25) is 19.2 Å². The molecule has 0 radical (unpaired) electrons. The van der Waals surface area contributed by atoms with Crippen LogP contribution in [0.1, 0.15) is 23.7 Å². The van der Waals surface area contributed by atoms with Crippen LogP contribution in [0, 0.1) is 0 Å². The van der Waals surface area contributed by atoms with Crippen LogP contribution in [0.3, 0.4) is 0 Å². The lowest BCUT2D eigenvalue weighted by molar-refractivity contribution is -0.153. The Bertz CT molecular complexity index is 961. The first-order chi connectivity index (χ1) is 13.8. The first-order valence-electron chi connectivity index (χ1n) is 8.80. The Labute approximate surface area is 171 Å². The zero-order chi connectivity index (χ0) is 21.0. The van der Waals surface area contributed by atoms with Gasteiger partial charge in [0.2, 0.25) is 11.8 Å². The maximum atomic E-state index is 12.2. The molecule has 0 saturated carbocycles. The molecule has 1 heterocycles.